The van der Waals surface area contributed by atoms with E-state index >= 15 is 0 Å². The number of ether oxygens (including phenoxy) is 2. The summed E-state index contributed by atoms with van der Waals surface area (Å²) in [4.78, 5) is 12.4. The summed E-state index contributed by atoms with van der Waals surface area (Å²) in [6.07, 6.45) is -1.50. The number of rotatable bonds is 1. The van der Waals surface area contributed by atoms with Gasteiger partial charge in [-0.1, -0.05) is 17.7 Å². The molecule has 1 N–H and O–H groups in total. The van der Waals surface area contributed by atoms with E-state index in [0.29, 0.717) is 12.2 Å². The van der Waals surface area contributed by atoms with Gasteiger partial charge >= 0.3 is 6.09 Å². The number of hydrogen-bond acceptors (Lipinski definition) is 3. The van der Waals surface area contributed by atoms with E-state index in [9.17, 15) is 9.18 Å². The molecule has 1 amide bonds. The first kappa shape index (κ1) is 13.6. The summed E-state index contributed by atoms with van der Waals surface area (Å²) in [5, 5.41) is 9.14. The van der Waals surface area contributed by atoms with Gasteiger partial charge in [0.15, 0.2) is 0 Å². The third-order valence-corrected chi connectivity index (χ3v) is 3.92. The van der Waals surface area contributed by atoms with Gasteiger partial charge in [-0.05, 0) is 17.7 Å². The smallest absolute Gasteiger partial charge is 0.407 e. The van der Waals surface area contributed by atoms with Crippen LogP contribution in [-0.4, -0.2) is 48.0 Å². The summed E-state index contributed by atoms with van der Waals surface area (Å²) >= 11 is 5.67. The number of halogens is 2. The molecular weight excluding hydrogens is 289 g/mol. The Balaban J connectivity index is 1.89. The zero-order valence-electron chi connectivity index (χ0n) is 10.5. The van der Waals surface area contributed by atoms with Crippen molar-refractivity contribution in [2.45, 2.75) is 11.7 Å². The van der Waals surface area contributed by atoms with Crippen LogP contribution in [0.4, 0.5) is 9.18 Å². The lowest BCUT2D eigenvalue weighted by Gasteiger charge is -2.23. The van der Waals surface area contributed by atoms with Crippen LogP contribution < -0.4 is 0 Å². The van der Waals surface area contributed by atoms with Crippen molar-refractivity contribution < 1.29 is 23.8 Å². The lowest BCUT2D eigenvalue weighted by molar-refractivity contribution is 0.0137. The highest BCUT2D eigenvalue weighted by atomic mass is 35.5. The highest BCUT2D eigenvalue weighted by Crippen LogP contribution is 2.44. The summed E-state index contributed by atoms with van der Waals surface area (Å²) < 4.78 is 24.7. The molecule has 0 saturated carbocycles. The van der Waals surface area contributed by atoms with E-state index in [1.165, 1.54) is 17.0 Å². The summed E-state index contributed by atoms with van der Waals surface area (Å²) in [6.45, 7) is 1.13. The van der Waals surface area contributed by atoms with Crippen molar-refractivity contribution in [2.24, 2.45) is 0 Å². The van der Waals surface area contributed by atoms with Gasteiger partial charge in [-0.3, -0.25) is 0 Å². The zero-order chi connectivity index (χ0) is 14.3. The molecule has 7 heteroatoms. The molecule has 2 atom stereocenters. The minimum absolute atomic E-state index is 0.0419. The first-order valence-corrected chi connectivity index (χ1v) is 6.58. The van der Waals surface area contributed by atoms with Crippen LogP contribution in [0, 0.1) is 5.82 Å². The lowest BCUT2D eigenvalue weighted by Crippen LogP contribution is -2.39. The average Bonchev–Trinajstić information content (AvgIpc) is 3.20. The molecule has 3 rings (SSSR count). The molecule has 1 aromatic rings. The van der Waals surface area contributed by atoms with Gasteiger partial charge in [-0.2, -0.15) is 0 Å². The molecule has 0 aromatic heterocycles. The van der Waals surface area contributed by atoms with Crippen LogP contribution >= 0.6 is 11.6 Å². The Morgan fingerprint density at radius 2 is 2.30 bits per heavy atom. The fourth-order valence-electron chi connectivity index (χ4n) is 2.49. The van der Waals surface area contributed by atoms with Crippen molar-refractivity contribution in [3.05, 3.63) is 34.6 Å². The number of benzene rings is 1. The molecule has 0 radical (unpaired) electrons. The predicted molar refractivity (Wildman–Crippen MR) is 68.4 cm³/mol. The van der Waals surface area contributed by atoms with Crippen LogP contribution in [0.15, 0.2) is 18.2 Å². The van der Waals surface area contributed by atoms with E-state index in [0.717, 1.165) is 0 Å². The number of carbonyl (C=O) groups is 1. The van der Waals surface area contributed by atoms with Gasteiger partial charge in [-0.25, -0.2) is 9.18 Å². The number of carboxylic acid groups (broad SMARTS) is 1. The van der Waals surface area contributed by atoms with Gasteiger partial charge in [0.25, 0.3) is 0 Å². The average molecular weight is 302 g/mol. The van der Waals surface area contributed by atoms with E-state index in [4.69, 9.17) is 26.2 Å². The quantitative estimate of drug-likeness (QED) is 0.809. The summed E-state index contributed by atoms with van der Waals surface area (Å²) in [7, 11) is 0. The van der Waals surface area contributed by atoms with Crippen molar-refractivity contribution in [2.75, 3.05) is 26.3 Å². The molecule has 2 heterocycles. The van der Waals surface area contributed by atoms with Gasteiger partial charge < -0.3 is 19.5 Å². The number of hydrogen-bond donors (Lipinski definition) is 1. The minimum Gasteiger partial charge on any atom is -0.465 e. The van der Waals surface area contributed by atoms with E-state index in [1.807, 2.05) is 0 Å². The highest BCUT2D eigenvalue weighted by Gasteiger charge is 2.56. The van der Waals surface area contributed by atoms with Crippen LogP contribution in [0.3, 0.4) is 0 Å². The Bertz CT molecular complexity index is 549. The molecule has 0 aliphatic carbocycles. The van der Waals surface area contributed by atoms with Crippen LogP contribution in [0.5, 0.6) is 0 Å². The maximum absolute atomic E-state index is 13.6. The molecule has 2 aliphatic rings. The number of nitrogens with zero attached hydrogens (tertiary/aromatic N) is 1. The molecule has 1 spiro atoms. The van der Waals surface area contributed by atoms with Crippen molar-refractivity contribution >= 4 is 17.7 Å². The summed E-state index contributed by atoms with van der Waals surface area (Å²) in [5.74, 6) is -0.525. The van der Waals surface area contributed by atoms with Crippen molar-refractivity contribution in [1.29, 1.82) is 0 Å². The second-order valence-electron chi connectivity index (χ2n) is 4.98. The van der Waals surface area contributed by atoms with E-state index in [1.54, 1.807) is 6.07 Å². The summed E-state index contributed by atoms with van der Waals surface area (Å²) in [5.41, 5.74) is -0.105. The van der Waals surface area contributed by atoms with Gasteiger partial charge in [0, 0.05) is 6.54 Å². The van der Waals surface area contributed by atoms with Crippen molar-refractivity contribution in [1.82, 2.24) is 4.90 Å². The van der Waals surface area contributed by atoms with Crippen LogP contribution in [0.1, 0.15) is 11.7 Å². The van der Waals surface area contributed by atoms with Crippen molar-refractivity contribution in [3.8, 4) is 0 Å². The maximum Gasteiger partial charge on any atom is 0.407 e. The minimum atomic E-state index is -1.01. The van der Waals surface area contributed by atoms with Crippen LogP contribution in [0.2, 0.25) is 5.02 Å². The Morgan fingerprint density at radius 3 is 2.90 bits per heavy atom. The Hall–Kier alpha value is -1.37. The monoisotopic (exact) mass is 301 g/mol. The van der Waals surface area contributed by atoms with Gasteiger partial charge in [0.2, 0.25) is 0 Å². The van der Waals surface area contributed by atoms with E-state index in [-0.39, 0.29) is 24.7 Å². The first-order valence-electron chi connectivity index (χ1n) is 6.20. The second-order valence-corrected chi connectivity index (χ2v) is 5.39. The van der Waals surface area contributed by atoms with E-state index in [2.05, 4.69) is 0 Å². The molecule has 20 heavy (non-hydrogen) atoms. The fourth-order valence-corrected chi connectivity index (χ4v) is 2.61. The normalized spacial score (nSPS) is 29.3. The molecule has 2 aliphatic heterocycles. The Morgan fingerprint density at radius 1 is 1.55 bits per heavy atom. The molecule has 5 nitrogen and oxygen atoms in total. The van der Waals surface area contributed by atoms with Crippen LogP contribution in [0.25, 0.3) is 0 Å². The van der Waals surface area contributed by atoms with E-state index < -0.39 is 23.6 Å². The highest BCUT2D eigenvalue weighted by molar-refractivity contribution is 6.30. The SMILES string of the molecule is O=C(O)N1CCO[C@@H](c2ccc(Cl)c(F)c2)[C@]2(CO2)C1. The third-order valence-electron chi connectivity index (χ3n) is 3.61. The standard InChI is InChI=1S/C13H13ClFNO4/c14-9-2-1-8(5-10(9)15)11-13(7-20-13)6-16(12(17)18)3-4-19-11/h1-2,5,11H,3-4,6-7H2,(H,17,18)/t11-,13+/m0/s1. The Kier molecular flexibility index (Phi) is 3.32. The first-order chi connectivity index (χ1) is 9.52. The zero-order valence-corrected chi connectivity index (χ0v) is 11.3. The Labute approximate surface area is 119 Å². The number of amides is 1. The molecule has 0 unspecified atom stereocenters. The third kappa shape index (κ3) is 2.34. The topological polar surface area (TPSA) is 62.3 Å². The maximum atomic E-state index is 13.6. The largest absolute Gasteiger partial charge is 0.465 e. The molecular formula is C13H13ClFNO4. The van der Waals surface area contributed by atoms with Gasteiger partial charge in [0.05, 0.1) is 24.8 Å². The fraction of sp³-hybridized carbons (Fsp3) is 0.462. The van der Waals surface area contributed by atoms with Gasteiger partial charge in [-0.15, -0.1) is 0 Å². The molecule has 108 valence electrons. The lowest BCUT2D eigenvalue weighted by atomic mass is 9.95. The molecule has 1 aromatic carbocycles. The number of epoxide rings is 1. The molecule has 2 fully saturated rings. The van der Waals surface area contributed by atoms with Crippen molar-refractivity contribution in [3.63, 3.8) is 0 Å². The molecule has 0 bridgehead atoms. The second kappa shape index (κ2) is 4.87. The van der Waals surface area contributed by atoms with Crippen LogP contribution in [-0.2, 0) is 9.47 Å². The summed E-state index contributed by atoms with van der Waals surface area (Å²) in [6, 6.07) is 4.45. The molecule has 2 saturated heterocycles. The predicted octanol–water partition coefficient (Wildman–Crippen LogP) is 2.30. The van der Waals surface area contributed by atoms with Gasteiger partial charge in [0.1, 0.15) is 17.5 Å².